The highest BCUT2D eigenvalue weighted by Crippen LogP contribution is 2.09. The fourth-order valence-electron chi connectivity index (χ4n) is 1.13. The smallest absolute Gasteiger partial charge is 0.336 e. The maximum absolute atomic E-state index is 10.9. The highest BCUT2D eigenvalue weighted by Gasteiger charge is 2.25. The Morgan fingerprint density at radius 3 is 2.38 bits per heavy atom. The van der Waals surface area contributed by atoms with Crippen molar-refractivity contribution in [3.05, 3.63) is 35.4 Å². The van der Waals surface area contributed by atoms with Crippen LogP contribution in [-0.4, -0.2) is 32.8 Å². The van der Waals surface area contributed by atoms with Gasteiger partial charge in [-0.15, -0.1) is 0 Å². The van der Waals surface area contributed by atoms with E-state index < -0.39 is 11.5 Å². The first-order chi connectivity index (χ1) is 7.32. The van der Waals surface area contributed by atoms with Crippen LogP contribution < -0.4 is 0 Å². The van der Waals surface area contributed by atoms with Gasteiger partial charge in [0.1, 0.15) is 0 Å². The van der Waals surface area contributed by atoms with E-state index in [4.69, 9.17) is 5.11 Å². The van der Waals surface area contributed by atoms with Gasteiger partial charge in [0.15, 0.2) is 0 Å². The normalized spacial score (nSPS) is 12.6. The van der Waals surface area contributed by atoms with Gasteiger partial charge in [0.2, 0.25) is 11.8 Å². The van der Waals surface area contributed by atoms with E-state index in [2.05, 4.69) is 0 Å². The first-order valence-electron chi connectivity index (χ1n) is 4.98. The van der Waals surface area contributed by atoms with Gasteiger partial charge < -0.3 is 5.11 Å². The highest BCUT2D eigenvalue weighted by molar-refractivity contribution is 5.97. The summed E-state index contributed by atoms with van der Waals surface area (Å²) in [7, 11) is 0. The summed E-state index contributed by atoms with van der Waals surface area (Å²) in [4.78, 5) is 10.9. The number of hydroxylamine groups is 1. The van der Waals surface area contributed by atoms with Gasteiger partial charge in [0, 0.05) is 20.8 Å². The van der Waals surface area contributed by atoms with Crippen molar-refractivity contribution in [3.63, 3.8) is 0 Å². The van der Waals surface area contributed by atoms with Gasteiger partial charge >= 0.3 is 5.97 Å². The molecule has 0 amide bonds. The van der Waals surface area contributed by atoms with Crippen LogP contribution in [0.1, 0.15) is 36.7 Å². The maximum atomic E-state index is 10.9. The van der Waals surface area contributed by atoms with Crippen molar-refractivity contribution in [2.24, 2.45) is 0 Å². The minimum Gasteiger partial charge on any atom is -0.478 e. The molecule has 0 aliphatic carbocycles. The number of carboxylic acid groups (broad SMARTS) is 1. The molecule has 0 heterocycles. The quantitative estimate of drug-likeness (QED) is 0.348. The molecule has 0 unspecified atom stereocenters. The zero-order chi connectivity index (χ0) is 12.3. The molecular weight excluding hydrogens is 206 g/mol. The van der Waals surface area contributed by atoms with E-state index >= 15 is 0 Å². The number of hydrogen-bond acceptors (Lipinski definition) is 2. The summed E-state index contributed by atoms with van der Waals surface area (Å²) in [6, 6.07) is 6.54. The second-order valence-electron chi connectivity index (χ2n) is 4.54. The first-order valence-corrected chi connectivity index (χ1v) is 4.98. The van der Waals surface area contributed by atoms with Gasteiger partial charge in [-0.05, 0) is 16.9 Å². The Bertz CT molecular complexity index is 430. The van der Waals surface area contributed by atoms with Crippen LogP contribution in [0.5, 0.6) is 0 Å². The van der Waals surface area contributed by atoms with Crippen LogP contribution >= 0.6 is 0 Å². The van der Waals surface area contributed by atoms with E-state index in [1.165, 1.54) is 12.3 Å². The fraction of sp³-hybridized carbons (Fsp3) is 0.333. The second-order valence-corrected chi connectivity index (χ2v) is 4.54. The molecule has 0 bridgehead atoms. The second kappa shape index (κ2) is 4.35. The molecule has 4 heteroatoms. The van der Waals surface area contributed by atoms with Gasteiger partial charge in [-0.25, -0.2) is 4.79 Å². The summed E-state index contributed by atoms with van der Waals surface area (Å²) in [5.74, 6) is -1.01. The minimum atomic E-state index is -1.01. The molecule has 0 saturated carbocycles. The summed E-state index contributed by atoms with van der Waals surface area (Å²) in [5, 5.41) is 18.7. The third-order valence-corrected chi connectivity index (χ3v) is 2.14. The molecule has 1 aromatic carbocycles. The number of benzene rings is 1. The molecule has 16 heavy (non-hydrogen) atoms. The van der Waals surface area contributed by atoms with Crippen molar-refractivity contribution in [2.45, 2.75) is 26.3 Å². The molecule has 0 atom stereocenters. The first kappa shape index (κ1) is 12.2. The molecule has 4 nitrogen and oxygen atoms in total. The predicted octanol–water partition coefficient (Wildman–Crippen LogP) is 2.00. The minimum absolute atomic E-state index is 0.172. The lowest BCUT2D eigenvalue weighted by Crippen LogP contribution is -2.31. The largest absolute Gasteiger partial charge is 0.478 e. The van der Waals surface area contributed by atoms with E-state index in [1.807, 2.05) is 20.8 Å². The Kier molecular flexibility index (Phi) is 3.32. The van der Waals surface area contributed by atoms with Gasteiger partial charge in [-0.3, -0.25) is 5.21 Å². The number of carboxylic acids is 1. The number of hydrogen-bond donors (Lipinski definition) is 2. The fourth-order valence-corrected chi connectivity index (χ4v) is 1.13. The van der Waals surface area contributed by atoms with Crippen molar-refractivity contribution in [1.29, 1.82) is 0 Å². The summed E-state index contributed by atoms with van der Waals surface area (Å²) >= 11 is 0. The van der Waals surface area contributed by atoms with Gasteiger partial charge in [0.05, 0.1) is 11.1 Å². The molecule has 1 aromatic rings. The summed E-state index contributed by atoms with van der Waals surface area (Å²) in [5.41, 5.74) is 0.184. The highest BCUT2D eigenvalue weighted by atomic mass is 16.5. The molecule has 0 spiro atoms. The SMILES string of the molecule is CC(C)(C)/[N+](O)=C/c1ccccc1C(=O)O. The van der Waals surface area contributed by atoms with Crippen molar-refractivity contribution in [2.75, 3.05) is 0 Å². The van der Waals surface area contributed by atoms with Crippen LogP contribution in [0.25, 0.3) is 0 Å². The third kappa shape index (κ3) is 2.82. The van der Waals surface area contributed by atoms with Crippen LogP contribution in [0, 0.1) is 0 Å². The Morgan fingerprint density at radius 1 is 1.31 bits per heavy atom. The molecule has 1 rings (SSSR count). The Morgan fingerprint density at radius 2 is 1.88 bits per heavy atom. The summed E-state index contributed by atoms with van der Waals surface area (Å²) in [6.07, 6.45) is 1.42. The average Bonchev–Trinajstić information content (AvgIpc) is 2.16. The van der Waals surface area contributed by atoms with Crippen LogP contribution in [0.4, 0.5) is 0 Å². The average molecular weight is 222 g/mol. The van der Waals surface area contributed by atoms with Gasteiger partial charge in [0.25, 0.3) is 0 Å². The molecule has 0 radical (unpaired) electrons. The lowest BCUT2D eigenvalue weighted by Gasteiger charge is -2.09. The standard InChI is InChI=1S/C12H15NO3/c1-12(2,3)13(16)8-9-6-4-5-7-10(9)11(14)15/h4-8H,1-3H3,(H-,14,15,16)/p+1/b13-8-. The van der Waals surface area contributed by atoms with Crippen LogP contribution in [0.3, 0.4) is 0 Å². The molecular formula is C12H16NO3+. The van der Waals surface area contributed by atoms with E-state index in [0.717, 1.165) is 4.74 Å². The van der Waals surface area contributed by atoms with Crippen LogP contribution in [-0.2, 0) is 0 Å². The molecule has 0 aliphatic rings. The Balaban J connectivity index is 3.20. The molecule has 0 aliphatic heterocycles. The summed E-state index contributed by atoms with van der Waals surface area (Å²) in [6.45, 7) is 5.48. The van der Waals surface area contributed by atoms with Crippen molar-refractivity contribution in [3.8, 4) is 0 Å². The summed E-state index contributed by atoms with van der Waals surface area (Å²) < 4.78 is 1.01. The molecule has 0 aromatic heterocycles. The molecule has 0 fully saturated rings. The molecule has 2 N–H and O–H groups in total. The zero-order valence-corrected chi connectivity index (χ0v) is 9.64. The van der Waals surface area contributed by atoms with Crippen LogP contribution in [0.2, 0.25) is 0 Å². The van der Waals surface area contributed by atoms with E-state index in [-0.39, 0.29) is 5.56 Å². The Hall–Kier alpha value is -1.84. The lowest BCUT2D eigenvalue weighted by atomic mass is 10.1. The lowest BCUT2D eigenvalue weighted by molar-refractivity contribution is -0.816. The molecule has 0 saturated heterocycles. The number of carbonyl (C=O) groups is 1. The Labute approximate surface area is 94.4 Å². The van der Waals surface area contributed by atoms with E-state index in [0.29, 0.717) is 5.56 Å². The topological polar surface area (TPSA) is 60.5 Å². The van der Waals surface area contributed by atoms with E-state index in [9.17, 15) is 10.0 Å². The van der Waals surface area contributed by atoms with Crippen molar-refractivity contribution in [1.82, 2.24) is 0 Å². The maximum Gasteiger partial charge on any atom is 0.336 e. The third-order valence-electron chi connectivity index (χ3n) is 2.14. The molecule has 86 valence electrons. The number of nitrogens with zero attached hydrogens (tertiary/aromatic N) is 1. The van der Waals surface area contributed by atoms with Crippen molar-refractivity contribution < 1.29 is 19.8 Å². The van der Waals surface area contributed by atoms with Crippen LogP contribution in [0.15, 0.2) is 24.3 Å². The predicted molar refractivity (Wildman–Crippen MR) is 60.4 cm³/mol. The zero-order valence-electron chi connectivity index (χ0n) is 9.64. The monoisotopic (exact) mass is 222 g/mol. The van der Waals surface area contributed by atoms with Gasteiger partial charge in [-0.1, -0.05) is 12.1 Å². The number of rotatable bonds is 2. The number of aromatic carboxylic acids is 1. The van der Waals surface area contributed by atoms with Crippen molar-refractivity contribution >= 4 is 12.2 Å². The van der Waals surface area contributed by atoms with E-state index in [1.54, 1.807) is 18.2 Å². The van der Waals surface area contributed by atoms with Gasteiger partial charge in [-0.2, -0.15) is 0 Å².